The second-order valence-corrected chi connectivity index (χ2v) is 7.93. The fourth-order valence-electron chi connectivity index (χ4n) is 4.28. The van der Waals surface area contributed by atoms with Crippen LogP contribution in [0.15, 0.2) is 53.7 Å². The number of aromatic nitrogens is 1. The summed E-state index contributed by atoms with van der Waals surface area (Å²) in [4.78, 5) is 16.3. The molecule has 1 aromatic heterocycles. The predicted molar refractivity (Wildman–Crippen MR) is 119 cm³/mol. The molecular formula is C23H32N6. The summed E-state index contributed by atoms with van der Waals surface area (Å²) in [7, 11) is 1.88. The Morgan fingerprint density at radius 3 is 2.52 bits per heavy atom. The Bertz CT molecular complexity index is 813. The Morgan fingerprint density at radius 1 is 1.03 bits per heavy atom. The number of hydrogen-bond donors (Lipinski definition) is 1. The van der Waals surface area contributed by atoms with E-state index >= 15 is 0 Å². The highest BCUT2D eigenvalue weighted by atomic mass is 15.4. The van der Waals surface area contributed by atoms with Crippen molar-refractivity contribution in [3.05, 3.63) is 59.8 Å². The largest absolute Gasteiger partial charge is 0.355 e. The van der Waals surface area contributed by atoms with Gasteiger partial charge in [0, 0.05) is 65.1 Å². The number of aliphatic imine (C=N–C) groups is 1. The molecule has 2 aliphatic heterocycles. The Balaban J connectivity index is 1.27. The van der Waals surface area contributed by atoms with E-state index in [2.05, 4.69) is 73.3 Å². The molecule has 0 saturated carbocycles. The first-order valence-electron chi connectivity index (χ1n) is 10.7. The second kappa shape index (κ2) is 9.27. The summed E-state index contributed by atoms with van der Waals surface area (Å²) in [5.41, 5.74) is 2.98. The van der Waals surface area contributed by atoms with Crippen molar-refractivity contribution in [2.45, 2.75) is 25.9 Å². The maximum absolute atomic E-state index is 4.54. The van der Waals surface area contributed by atoms with Crippen LogP contribution in [0.5, 0.6) is 0 Å². The van der Waals surface area contributed by atoms with E-state index < -0.39 is 0 Å². The summed E-state index contributed by atoms with van der Waals surface area (Å²) in [5, 5.41) is 3.61. The van der Waals surface area contributed by atoms with Gasteiger partial charge in [0.25, 0.3) is 0 Å². The van der Waals surface area contributed by atoms with Gasteiger partial charge in [-0.05, 0) is 36.6 Å². The number of nitrogens with zero attached hydrogens (tertiary/aromatic N) is 5. The number of rotatable bonds is 4. The first kappa shape index (κ1) is 19.7. The molecule has 1 saturated heterocycles. The molecule has 1 atom stereocenters. The molecule has 0 amide bonds. The highest BCUT2D eigenvalue weighted by Crippen LogP contribution is 2.20. The van der Waals surface area contributed by atoms with E-state index in [0.29, 0.717) is 6.04 Å². The minimum atomic E-state index is 0.468. The fourth-order valence-corrected chi connectivity index (χ4v) is 4.28. The molecule has 0 aliphatic carbocycles. The molecule has 1 N–H and O–H groups in total. The second-order valence-electron chi connectivity index (χ2n) is 7.93. The zero-order valence-electron chi connectivity index (χ0n) is 17.6. The van der Waals surface area contributed by atoms with Crippen molar-refractivity contribution in [2.75, 3.05) is 51.2 Å². The Labute approximate surface area is 174 Å². The van der Waals surface area contributed by atoms with Crippen LogP contribution in [0.2, 0.25) is 0 Å². The third-order valence-electron chi connectivity index (χ3n) is 6.10. The molecule has 0 radical (unpaired) electrons. The maximum atomic E-state index is 4.54. The van der Waals surface area contributed by atoms with Gasteiger partial charge in [-0.3, -0.25) is 9.89 Å². The van der Waals surface area contributed by atoms with Crippen LogP contribution in [-0.4, -0.2) is 73.1 Å². The Hall–Kier alpha value is -2.60. The first-order valence-corrected chi connectivity index (χ1v) is 10.7. The van der Waals surface area contributed by atoms with Crippen LogP contribution in [0, 0.1) is 0 Å². The molecule has 0 bridgehead atoms. The summed E-state index contributed by atoms with van der Waals surface area (Å²) in [6, 6.07) is 15.4. The van der Waals surface area contributed by atoms with Gasteiger partial charge < -0.3 is 15.1 Å². The monoisotopic (exact) mass is 392 g/mol. The van der Waals surface area contributed by atoms with Crippen molar-refractivity contribution >= 4 is 11.8 Å². The number of anilines is 1. The van der Waals surface area contributed by atoms with Gasteiger partial charge in [0.15, 0.2) is 5.96 Å². The number of pyridine rings is 1. The van der Waals surface area contributed by atoms with Gasteiger partial charge in [0.2, 0.25) is 0 Å². The third kappa shape index (κ3) is 4.70. The highest BCUT2D eigenvalue weighted by molar-refractivity contribution is 5.80. The van der Waals surface area contributed by atoms with E-state index in [4.69, 9.17) is 0 Å². The van der Waals surface area contributed by atoms with Crippen molar-refractivity contribution in [3.63, 3.8) is 0 Å². The maximum Gasteiger partial charge on any atom is 0.193 e. The van der Waals surface area contributed by atoms with E-state index in [1.54, 1.807) is 0 Å². The summed E-state index contributed by atoms with van der Waals surface area (Å²) in [6.07, 6.45) is 3.01. The number of fused-ring (bicyclic) bond motifs is 1. The zero-order chi connectivity index (χ0) is 20.1. The van der Waals surface area contributed by atoms with E-state index in [9.17, 15) is 0 Å². The van der Waals surface area contributed by atoms with Crippen LogP contribution >= 0.6 is 0 Å². The standard InChI is InChI=1S/C23H32N6/c1-19(29-12-10-20-7-3-4-8-21(20)18-29)17-26-23(24-2)28-15-13-27(14-16-28)22-9-5-6-11-25-22/h3-9,11,19H,10,12-18H2,1-2H3,(H,24,26). The van der Waals surface area contributed by atoms with Crippen LogP contribution in [0.1, 0.15) is 18.1 Å². The van der Waals surface area contributed by atoms with Gasteiger partial charge in [-0.15, -0.1) is 0 Å². The van der Waals surface area contributed by atoms with E-state index in [0.717, 1.165) is 64.0 Å². The van der Waals surface area contributed by atoms with Crippen LogP contribution in [0.25, 0.3) is 0 Å². The number of hydrogen-bond acceptors (Lipinski definition) is 4. The molecule has 2 aliphatic rings. The average molecular weight is 393 g/mol. The Kier molecular flexibility index (Phi) is 6.30. The number of benzene rings is 1. The molecule has 3 heterocycles. The number of guanidine groups is 1. The normalized spacial score (nSPS) is 19.0. The molecule has 6 nitrogen and oxygen atoms in total. The van der Waals surface area contributed by atoms with Crippen molar-refractivity contribution in [1.82, 2.24) is 20.1 Å². The fraction of sp³-hybridized carbons (Fsp3) is 0.478. The van der Waals surface area contributed by atoms with Crippen molar-refractivity contribution in [2.24, 2.45) is 4.99 Å². The van der Waals surface area contributed by atoms with Gasteiger partial charge >= 0.3 is 0 Å². The van der Waals surface area contributed by atoms with Crippen LogP contribution in [0.4, 0.5) is 5.82 Å². The van der Waals surface area contributed by atoms with Crippen molar-refractivity contribution < 1.29 is 0 Å². The molecule has 154 valence electrons. The molecule has 29 heavy (non-hydrogen) atoms. The third-order valence-corrected chi connectivity index (χ3v) is 6.10. The van der Waals surface area contributed by atoms with E-state index in [-0.39, 0.29) is 0 Å². The quantitative estimate of drug-likeness (QED) is 0.639. The molecule has 1 fully saturated rings. The van der Waals surface area contributed by atoms with Crippen molar-refractivity contribution in [1.29, 1.82) is 0 Å². The van der Waals surface area contributed by atoms with E-state index in [1.165, 1.54) is 11.1 Å². The molecule has 4 rings (SSSR count). The van der Waals surface area contributed by atoms with Crippen molar-refractivity contribution in [3.8, 4) is 0 Å². The summed E-state index contributed by atoms with van der Waals surface area (Å²) in [6.45, 7) is 9.25. The molecule has 6 heteroatoms. The average Bonchev–Trinajstić information content (AvgIpc) is 2.80. The highest BCUT2D eigenvalue weighted by Gasteiger charge is 2.23. The topological polar surface area (TPSA) is 47.0 Å². The molecular weight excluding hydrogens is 360 g/mol. The Morgan fingerprint density at radius 2 is 1.79 bits per heavy atom. The van der Waals surface area contributed by atoms with Crippen LogP contribution in [0.3, 0.4) is 0 Å². The number of nitrogens with one attached hydrogen (secondary N) is 1. The lowest BCUT2D eigenvalue weighted by Gasteiger charge is -2.38. The lowest BCUT2D eigenvalue weighted by atomic mass is 9.99. The summed E-state index contributed by atoms with van der Waals surface area (Å²) in [5.74, 6) is 2.07. The summed E-state index contributed by atoms with van der Waals surface area (Å²) < 4.78 is 0. The van der Waals surface area contributed by atoms with Gasteiger partial charge in [-0.1, -0.05) is 30.3 Å². The SMILES string of the molecule is CN=C(NCC(C)N1CCc2ccccc2C1)N1CCN(c2ccccn2)CC1. The van der Waals surface area contributed by atoms with Gasteiger partial charge in [-0.2, -0.15) is 0 Å². The zero-order valence-corrected chi connectivity index (χ0v) is 17.6. The van der Waals surface area contributed by atoms with Crippen LogP contribution in [-0.2, 0) is 13.0 Å². The lowest BCUT2D eigenvalue weighted by Crippen LogP contribution is -2.54. The lowest BCUT2D eigenvalue weighted by molar-refractivity contribution is 0.190. The first-order chi connectivity index (χ1) is 14.2. The summed E-state index contributed by atoms with van der Waals surface area (Å²) >= 11 is 0. The van der Waals surface area contributed by atoms with Gasteiger partial charge in [-0.25, -0.2) is 4.98 Å². The molecule has 1 unspecified atom stereocenters. The minimum Gasteiger partial charge on any atom is -0.355 e. The predicted octanol–water partition coefficient (Wildman–Crippen LogP) is 2.23. The molecule has 0 spiro atoms. The molecule has 2 aromatic rings. The van der Waals surface area contributed by atoms with Crippen LogP contribution < -0.4 is 10.2 Å². The van der Waals surface area contributed by atoms with Gasteiger partial charge in [0.05, 0.1) is 0 Å². The number of piperazine rings is 1. The smallest absolute Gasteiger partial charge is 0.193 e. The molecule has 1 aromatic carbocycles. The van der Waals surface area contributed by atoms with Gasteiger partial charge in [0.1, 0.15) is 5.82 Å². The van der Waals surface area contributed by atoms with E-state index in [1.807, 2.05) is 19.3 Å². The minimum absolute atomic E-state index is 0.468.